The van der Waals surface area contributed by atoms with Gasteiger partial charge < -0.3 is 15.4 Å². The molecular formula is C20H27ClN2O. The van der Waals surface area contributed by atoms with E-state index in [0.29, 0.717) is 5.92 Å². The van der Waals surface area contributed by atoms with Crippen molar-refractivity contribution in [3.8, 4) is 5.75 Å². The Hall–Kier alpha value is -1.87. The number of hydrogen-bond donors (Lipinski definition) is 2. The highest BCUT2D eigenvalue weighted by atomic mass is 35.5. The lowest BCUT2D eigenvalue weighted by molar-refractivity contribution is 0.289. The van der Waals surface area contributed by atoms with Gasteiger partial charge in [-0.1, -0.05) is 31.5 Å². The summed E-state index contributed by atoms with van der Waals surface area (Å²) >= 11 is 6.03. The minimum Gasteiger partial charge on any atom is -0.494 e. The van der Waals surface area contributed by atoms with E-state index in [2.05, 4.69) is 43.5 Å². The van der Waals surface area contributed by atoms with Crippen LogP contribution in [0.5, 0.6) is 5.75 Å². The van der Waals surface area contributed by atoms with Gasteiger partial charge in [0.05, 0.1) is 6.61 Å². The third-order valence-corrected chi connectivity index (χ3v) is 4.02. The summed E-state index contributed by atoms with van der Waals surface area (Å²) in [6, 6.07) is 14.0. The first kappa shape index (κ1) is 18.5. The van der Waals surface area contributed by atoms with Crippen LogP contribution in [0.1, 0.15) is 25.8 Å². The molecular weight excluding hydrogens is 320 g/mol. The van der Waals surface area contributed by atoms with Gasteiger partial charge in [0.15, 0.2) is 0 Å². The number of ether oxygens (including phenoxy) is 1. The van der Waals surface area contributed by atoms with Crippen LogP contribution in [0.3, 0.4) is 0 Å². The Morgan fingerprint density at radius 3 is 2.42 bits per heavy atom. The molecule has 0 amide bonds. The summed E-state index contributed by atoms with van der Waals surface area (Å²) in [6.07, 6.45) is 1.08. The van der Waals surface area contributed by atoms with Gasteiger partial charge in [0, 0.05) is 29.5 Å². The minimum absolute atomic E-state index is 0.668. The van der Waals surface area contributed by atoms with Crippen molar-refractivity contribution < 1.29 is 4.74 Å². The van der Waals surface area contributed by atoms with Crippen LogP contribution in [-0.4, -0.2) is 19.7 Å². The van der Waals surface area contributed by atoms with Crippen LogP contribution in [-0.2, 0) is 0 Å². The van der Waals surface area contributed by atoms with Gasteiger partial charge in [-0.05, 0) is 61.2 Å². The predicted octanol–water partition coefficient (Wildman–Crippen LogP) is 5.60. The second kappa shape index (κ2) is 9.43. The average molecular weight is 347 g/mol. The Morgan fingerprint density at radius 1 is 1.00 bits per heavy atom. The molecule has 0 atom stereocenters. The highest BCUT2D eigenvalue weighted by molar-refractivity contribution is 6.30. The zero-order chi connectivity index (χ0) is 17.4. The fourth-order valence-electron chi connectivity index (χ4n) is 2.27. The molecule has 0 saturated carbocycles. The highest BCUT2D eigenvalue weighted by Gasteiger charge is 2.00. The van der Waals surface area contributed by atoms with Crippen LogP contribution in [0.15, 0.2) is 42.5 Å². The molecule has 0 aliphatic carbocycles. The van der Waals surface area contributed by atoms with E-state index in [1.807, 2.05) is 30.3 Å². The van der Waals surface area contributed by atoms with Gasteiger partial charge in [0.2, 0.25) is 0 Å². The van der Waals surface area contributed by atoms with Crippen molar-refractivity contribution in [2.45, 2.75) is 27.2 Å². The molecule has 3 nitrogen and oxygen atoms in total. The highest BCUT2D eigenvalue weighted by Crippen LogP contribution is 2.20. The molecule has 2 N–H and O–H groups in total. The second-order valence-electron chi connectivity index (χ2n) is 6.37. The second-order valence-corrected chi connectivity index (χ2v) is 6.80. The van der Waals surface area contributed by atoms with E-state index in [1.165, 1.54) is 5.56 Å². The molecule has 130 valence electrons. The molecule has 0 saturated heterocycles. The fourth-order valence-corrected chi connectivity index (χ4v) is 2.44. The maximum absolute atomic E-state index is 6.03. The fraction of sp³-hybridized carbons (Fsp3) is 0.400. The first-order valence-electron chi connectivity index (χ1n) is 8.51. The van der Waals surface area contributed by atoms with E-state index in [-0.39, 0.29) is 0 Å². The van der Waals surface area contributed by atoms with Crippen molar-refractivity contribution in [2.75, 3.05) is 30.3 Å². The Bertz CT molecular complexity index is 626. The van der Waals surface area contributed by atoms with E-state index >= 15 is 0 Å². The van der Waals surface area contributed by atoms with Crippen molar-refractivity contribution in [3.63, 3.8) is 0 Å². The van der Waals surface area contributed by atoms with Crippen molar-refractivity contribution in [2.24, 2.45) is 5.92 Å². The third kappa shape index (κ3) is 6.32. The Morgan fingerprint density at radius 2 is 1.71 bits per heavy atom. The summed E-state index contributed by atoms with van der Waals surface area (Å²) in [5, 5.41) is 7.56. The number of hydrogen-bond acceptors (Lipinski definition) is 3. The summed E-state index contributed by atoms with van der Waals surface area (Å²) in [7, 11) is 0. The van der Waals surface area contributed by atoms with Crippen LogP contribution in [0.25, 0.3) is 0 Å². The van der Waals surface area contributed by atoms with Crippen molar-refractivity contribution >= 4 is 23.0 Å². The molecule has 0 bridgehead atoms. The van der Waals surface area contributed by atoms with Gasteiger partial charge in [-0.15, -0.1) is 0 Å². The topological polar surface area (TPSA) is 33.3 Å². The third-order valence-electron chi connectivity index (χ3n) is 3.79. The zero-order valence-electron chi connectivity index (χ0n) is 14.7. The molecule has 0 aliphatic rings. The van der Waals surface area contributed by atoms with Gasteiger partial charge in [-0.3, -0.25) is 0 Å². The molecule has 0 spiro atoms. The van der Waals surface area contributed by atoms with Gasteiger partial charge >= 0.3 is 0 Å². The molecule has 0 radical (unpaired) electrons. The number of anilines is 2. The summed E-state index contributed by atoms with van der Waals surface area (Å²) in [6.45, 7) is 8.91. The maximum atomic E-state index is 6.03. The Kier molecular flexibility index (Phi) is 7.26. The quantitative estimate of drug-likeness (QED) is 0.580. The summed E-state index contributed by atoms with van der Waals surface area (Å²) in [5.74, 6) is 1.59. The van der Waals surface area contributed by atoms with Crippen LogP contribution in [0.2, 0.25) is 5.02 Å². The number of rotatable bonds is 9. The van der Waals surface area contributed by atoms with E-state index in [0.717, 1.165) is 48.3 Å². The molecule has 0 aromatic heterocycles. The molecule has 0 unspecified atom stereocenters. The molecule has 24 heavy (non-hydrogen) atoms. The molecule has 2 aromatic rings. The van der Waals surface area contributed by atoms with Crippen molar-refractivity contribution in [1.29, 1.82) is 0 Å². The smallest absolute Gasteiger partial charge is 0.119 e. The lowest BCUT2D eigenvalue weighted by Crippen LogP contribution is -2.14. The monoisotopic (exact) mass is 346 g/mol. The lowest BCUT2D eigenvalue weighted by Gasteiger charge is -2.12. The SMILES string of the molecule is Cc1ccc(Cl)cc1NCCNc1ccc(OCCC(C)C)cc1. The number of benzene rings is 2. The normalized spacial score (nSPS) is 10.7. The van der Waals surface area contributed by atoms with Gasteiger partial charge in [0.25, 0.3) is 0 Å². The summed E-state index contributed by atoms with van der Waals surface area (Å²) in [4.78, 5) is 0. The molecule has 2 rings (SSSR count). The standard InChI is InChI=1S/C20H27ClN2O/c1-15(2)10-13-24-19-8-6-18(7-9-19)22-11-12-23-20-14-17(21)5-4-16(20)3/h4-9,14-15,22-23H,10-13H2,1-3H3. The van der Waals surface area contributed by atoms with E-state index in [4.69, 9.17) is 16.3 Å². The van der Waals surface area contributed by atoms with Crippen LogP contribution < -0.4 is 15.4 Å². The first-order valence-corrected chi connectivity index (χ1v) is 8.89. The summed E-state index contributed by atoms with van der Waals surface area (Å²) in [5.41, 5.74) is 3.37. The van der Waals surface area contributed by atoms with E-state index < -0.39 is 0 Å². The number of aryl methyl sites for hydroxylation is 1. The summed E-state index contributed by atoms with van der Waals surface area (Å²) < 4.78 is 5.73. The van der Waals surface area contributed by atoms with Crippen LogP contribution in [0, 0.1) is 12.8 Å². The van der Waals surface area contributed by atoms with Crippen molar-refractivity contribution in [3.05, 3.63) is 53.1 Å². The number of halogens is 1. The van der Waals surface area contributed by atoms with Gasteiger partial charge in [-0.2, -0.15) is 0 Å². The van der Waals surface area contributed by atoms with Gasteiger partial charge in [0.1, 0.15) is 5.75 Å². The first-order chi connectivity index (χ1) is 11.5. The van der Waals surface area contributed by atoms with Crippen LogP contribution in [0.4, 0.5) is 11.4 Å². The average Bonchev–Trinajstić information content (AvgIpc) is 2.55. The number of nitrogens with one attached hydrogen (secondary N) is 2. The Balaban J connectivity index is 1.71. The Labute approximate surface area is 150 Å². The van der Waals surface area contributed by atoms with Crippen LogP contribution >= 0.6 is 11.6 Å². The van der Waals surface area contributed by atoms with Gasteiger partial charge in [-0.25, -0.2) is 0 Å². The molecule has 0 aliphatic heterocycles. The molecule has 2 aromatic carbocycles. The molecule has 0 heterocycles. The zero-order valence-corrected chi connectivity index (χ0v) is 15.5. The van der Waals surface area contributed by atoms with Crippen molar-refractivity contribution in [1.82, 2.24) is 0 Å². The predicted molar refractivity (Wildman–Crippen MR) is 105 cm³/mol. The van der Waals surface area contributed by atoms with E-state index in [9.17, 15) is 0 Å². The maximum Gasteiger partial charge on any atom is 0.119 e. The largest absolute Gasteiger partial charge is 0.494 e. The lowest BCUT2D eigenvalue weighted by atomic mass is 10.1. The molecule has 0 fully saturated rings. The molecule has 4 heteroatoms. The minimum atomic E-state index is 0.668. The van der Waals surface area contributed by atoms with E-state index in [1.54, 1.807) is 0 Å².